The Morgan fingerprint density at radius 3 is 2.64 bits per heavy atom. The van der Waals surface area contributed by atoms with Crippen molar-refractivity contribution in [3.05, 3.63) is 45.6 Å². The molecule has 0 atom stereocenters. The van der Waals surface area contributed by atoms with Gasteiger partial charge in [-0.2, -0.15) is 10.2 Å². The molecule has 3 aliphatic rings. The lowest BCUT2D eigenvalue weighted by Gasteiger charge is -2.38. The van der Waals surface area contributed by atoms with Crippen LogP contribution in [0.1, 0.15) is 59.4 Å². The normalized spacial score (nSPS) is 20.6. The van der Waals surface area contributed by atoms with E-state index in [2.05, 4.69) is 15.3 Å². The fourth-order valence-electron chi connectivity index (χ4n) is 3.50. The highest BCUT2D eigenvalue weighted by atomic mass is 16.2. The summed E-state index contributed by atoms with van der Waals surface area (Å²) in [6.45, 7) is 1.90. The van der Waals surface area contributed by atoms with Crippen LogP contribution in [-0.4, -0.2) is 43.9 Å². The van der Waals surface area contributed by atoms with Crippen LogP contribution in [0.5, 0.6) is 0 Å². The number of carbonyl (C=O) groups is 1. The first-order valence-electron chi connectivity index (χ1n) is 9.10. The summed E-state index contributed by atoms with van der Waals surface area (Å²) in [6.07, 6.45) is 4.71. The molecule has 1 N–H and O–H groups in total. The fourth-order valence-corrected chi connectivity index (χ4v) is 3.50. The molecule has 3 fully saturated rings. The van der Waals surface area contributed by atoms with E-state index in [0.29, 0.717) is 37.2 Å². The molecule has 0 unspecified atom stereocenters. The lowest BCUT2D eigenvalue weighted by atomic mass is 9.99. The van der Waals surface area contributed by atoms with E-state index in [1.165, 1.54) is 25.7 Å². The lowest BCUT2D eigenvalue weighted by molar-refractivity contribution is 0.0452. The van der Waals surface area contributed by atoms with Gasteiger partial charge in [-0.25, -0.2) is 4.68 Å². The summed E-state index contributed by atoms with van der Waals surface area (Å²) in [5.74, 6) is 1.36. The Balaban J connectivity index is 1.20. The van der Waals surface area contributed by atoms with Crippen molar-refractivity contribution in [2.24, 2.45) is 5.92 Å². The molecule has 1 saturated heterocycles. The summed E-state index contributed by atoms with van der Waals surface area (Å²) in [6, 6.07) is 5.35. The second-order valence-electron chi connectivity index (χ2n) is 7.61. The molecule has 2 aliphatic carbocycles. The molecule has 25 heavy (non-hydrogen) atoms. The molecule has 2 aromatic rings. The van der Waals surface area contributed by atoms with Crippen molar-refractivity contribution in [3.8, 4) is 0 Å². The largest absolute Gasteiger partial charge is 0.336 e. The highest BCUT2D eigenvalue weighted by Gasteiger charge is 2.34. The maximum Gasteiger partial charge on any atom is 0.274 e. The summed E-state index contributed by atoms with van der Waals surface area (Å²) in [7, 11) is 0. The summed E-state index contributed by atoms with van der Waals surface area (Å²) in [5.41, 5.74) is 2.55. The van der Waals surface area contributed by atoms with Crippen LogP contribution < -0.4 is 5.56 Å². The van der Waals surface area contributed by atoms with Crippen molar-refractivity contribution in [3.63, 3.8) is 0 Å². The van der Waals surface area contributed by atoms with E-state index in [4.69, 9.17) is 0 Å². The molecular formula is C18H21N5O2. The van der Waals surface area contributed by atoms with Gasteiger partial charge in [0.2, 0.25) is 0 Å². The van der Waals surface area contributed by atoms with Crippen LogP contribution >= 0.6 is 0 Å². The highest BCUT2D eigenvalue weighted by molar-refractivity contribution is 5.93. The Labute approximate surface area is 145 Å². The van der Waals surface area contributed by atoms with E-state index in [1.54, 1.807) is 15.6 Å². The molecule has 0 aromatic carbocycles. The first-order chi connectivity index (χ1) is 12.2. The smallest absolute Gasteiger partial charge is 0.274 e. The second-order valence-corrected chi connectivity index (χ2v) is 7.61. The van der Waals surface area contributed by atoms with Crippen molar-refractivity contribution in [2.45, 2.75) is 44.1 Å². The molecule has 2 aromatic heterocycles. The van der Waals surface area contributed by atoms with Gasteiger partial charge < -0.3 is 4.90 Å². The Hall–Kier alpha value is -2.44. The van der Waals surface area contributed by atoms with Crippen LogP contribution in [0.4, 0.5) is 0 Å². The Bertz CT molecular complexity index is 872. The number of hydrogen-bond donors (Lipinski definition) is 1. The molecule has 1 aliphatic heterocycles. The molecule has 130 valence electrons. The lowest BCUT2D eigenvalue weighted by Crippen LogP contribution is -2.52. The van der Waals surface area contributed by atoms with Crippen molar-refractivity contribution in [1.29, 1.82) is 0 Å². The van der Waals surface area contributed by atoms with E-state index in [9.17, 15) is 9.59 Å². The van der Waals surface area contributed by atoms with Crippen LogP contribution in [0.2, 0.25) is 0 Å². The Kier molecular flexibility index (Phi) is 3.29. The molecular weight excluding hydrogens is 318 g/mol. The fraction of sp³-hybridized carbons (Fsp3) is 0.556. The van der Waals surface area contributed by atoms with Crippen LogP contribution in [-0.2, 0) is 6.54 Å². The van der Waals surface area contributed by atoms with Gasteiger partial charge in [0.15, 0.2) is 0 Å². The first-order valence-corrected chi connectivity index (χ1v) is 9.10. The average Bonchev–Trinajstić information content (AvgIpc) is 3.50. The number of nitrogens with zero attached hydrogens (tertiary/aromatic N) is 4. The summed E-state index contributed by atoms with van der Waals surface area (Å²) in [5, 5.41) is 11.6. The standard InChI is InChI=1S/C18H21N5O2/c24-17-6-5-14(12-1-2-12)21-23(17)10-11-8-22(9-11)18(25)16-7-15(19-20-16)13-3-4-13/h5-7,11-13H,1-4,8-10H2,(H,19,20). The number of H-pyrrole nitrogens is 1. The first kappa shape index (κ1) is 14.9. The molecule has 0 spiro atoms. The van der Waals surface area contributed by atoms with Crippen molar-refractivity contribution >= 4 is 5.91 Å². The van der Waals surface area contributed by atoms with E-state index in [0.717, 1.165) is 11.4 Å². The van der Waals surface area contributed by atoms with Gasteiger partial charge in [0.25, 0.3) is 11.5 Å². The van der Waals surface area contributed by atoms with Crippen LogP contribution in [0, 0.1) is 5.92 Å². The number of hydrogen-bond acceptors (Lipinski definition) is 4. The Morgan fingerprint density at radius 2 is 1.92 bits per heavy atom. The zero-order chi connectivity index (χ0) is 17.0. The van der Waals surface area contributed by atoms with E-state index in [-0.39, 0.29) is 17.4 Å². The number of likely N-dealkylation sites (tertiary alicyclic amines) is 1. The van der Waals surface area contributed by atoms with E-state index < -0.39 is 0 Å². The van der Waals surface area contributed by atoms with Gasteiger partial charge in [-0.3, -0.25) is 14.7 Å². The molecule has 2 saturated carbocycles. The summed E-state index contributed by atoms with van der Waals surface area (Å²) >= 11 is 0. The third kappa shape index (κ3) is 2.88. The maximum atomic E-state index is 12.5. The Morgan fingerprint density at radius 1 is 1.16 bits per heavy atom. The molecule has 1 amide bonds. The van der Waals surface area contributed by atoms with Gasteiger partial charge in [0.05, 0.1) is 12.2 Å². The number of aromatic amines is 1. The number of rotatable bonds is 5. The van der Waals surface area contributed by atoms with E-state index in [1.807, 2.05) is 12.1 Å². The van der Waals surface area contributed by atoms with Crippen LogP contribution in [0.25, 0.3) is 0 Å². The van der Waals surface area contributed by atoms with Gasteiger partial charge in [-0.05, 0) is 37.8 Å². The van der Waals surface area contributed by atoms with Gasteiger partial charge in [-0.15, -0.1) is 0 Å². The maximum absolute atomic E-state index is 12.5. The van der Waals surface area contributed by atoms with Crippen molar-refractivity contribution < 1.29 is 4.79 Å². The van der Waals surface area contributed by atoms with Gasteiger partial charge in [0, 0.05) is 42.6 Å². The number of aromatic nitrogens is 4. The zero-order valence-electron chi connectivity index (χ0n) is 14.0. The number of amides is 1. The highest BCUT2D eigenvalue weighted by Crippen LogP contribution is 2.39. The quantitative estimate of drug-likeness (QED) is 0.894. The van der Waals surface area contributed by atoms with E-state index >= 15 is 0 Å². The van der Waals surface area contributed by atoms with Crippen molar-refractivity contribution in [2.75, 3.05) is 13.1 Å². The van der Waals surface area contributed by atoms with Gasteiger partial charge in [0.1, 0.15) is 5.69 Å². The molecule has 0 radical (unpaired) electrons. The third-order valence-electron chi connectivity index (χ3n) is 5.39. The number of nitrogens with one attached hydrogen (secondary N) is 1. The minimum absolute atomic E-state index is 0.0218. The van der Waals surface area contributed by atoms with Gasteiger partial charge in [-0.1, -0.05) is 0 Å². The molecule has 7 nitrogen and oxygen atoms in total. The van der Waals surface area contributed by atoms with Crippen LogP contribution in [0.3, 0.4) is 0 Å². The second kappa shape index (κ2) is 5.54. The molecule has 3 heterocycles. The molecule has 5 rings (SSSR count). The minimum atomic E-state index is -0.0597. The topological polar surface area (TPSA) is 83.9 Å². The SMILES string of the molecule is O=C(c1cc(C2CC2)[nH]n1)N1CC(Cn2nc(C3CC3)ccc2=O)C1. The molecule has 0 bridgehead atoms. The number of carbonyl (C=O) groups excluding carboxylic acids is 1. The minimum Gasteiger partial charge on any atom is -0.336 e. The summed E-state index contributed by atoms with van der Waals surface area (Å²) in [4.78, 5) is 26.3. The monoisotopic (exact) mass is 339 g/mol. The van der Waals surface area contributed by atoms with Crippen LogP contribution in [0.15, 0.2) is 23.0 Å². The molecule has 7 heteroatoms. The van der Waals surface area contributed by atoms with Crippen molar-refractivity contribution in [1.82, 2.24) is 24.9 Å². The third-order valence-corrected chi connectivity index (χ3v) is 5.39. The summed E-state index contributed by atoms with van der Waals surface area (Å²) < 4.78 is 1.57. The zero-order valence-corrected chi connectivity index (χ0v) is 14.0. The predicted octanol–water partition coefficient (Wildman–Crippen LogP) is 1.49. The average molecular weight is 339 g/mol. The van der Waals surface area contributed by atoms with Gasteiger partial charge >= 0.3 is 0 Å². The predicted molar refractivity (Wildman–Crippen MR) is 90.4 cm³/mol.